The molecule has 114 valence electrons. The highest BCUT2D eigenvalue weighted by atomic mass is 32.1. The fraction of sp³-hybridized carbons (Fsp3) is 0.600. The molecule has 3 heterocycles. The van der Waals surface area contributed by atoms with Gasteiger partial charge in [0, 0.05) is 50.6 Å². The summed E-state index contributed by atoms with van der Waals surface area (Å²) in [5, 5.41) is 4.85. The summed E-state index contributed by atoms with van der Waals surface area (Å²) in [5.41, 5.74) is 0. The first-order valence-corrected chi connectivity index (χ1v) is 8.40. The van der Waals surface area contributed by atoms with E-state index >= 15 is 0 Å². The number of hydrogen-bond donors (Lipinski definition) is 1. The Hall–Kier alpha value is -1.40. The molecule has 1 aromatic heterocycles. The number of nitrogens with one attached hydrogen (secondary N) is 1. The van der Waals surface area contributed by atoms with Gasteiger partial charge in [-0.25, -0.2) is 0 Å². The lowest BCUT2D eigenvalue weighted by atomic mass is 10.1. The molecule has 0 aromatic carbocycles. The maximum Gasteiger partial charge on any atom is 0.228 e. The lowest BCUT2D eigenvalue weighted by Gasteiger charge is -2.23. The summed E-state index contributed by atoms with van der Waals surface area (Å²) in [6, 6.07) is 4.24. The molecule has 6 heteroatoms. The van der Waals surface area contributed by atoms with E-state index in [1.165, 1.54) is 4.88 Å². The molecule has 0 bridgehead atoms. The van der Waals surface area contributed by atoms with Crippen LogP contribution in [-0.2, 0) is 16.1 Å². The van der Waals surface area contributed by atoms with Crippen LogP contribution in [0.2, 0.25) is 0 Å². The van der Waals surface area contributed by atoms with Crippen molar-refractivity contribution in [1.29, 1.82) is 0 Å². The summed E-state index contributed by atoms with van der Waals surface area (Å²) in [7, 11) is 0. The van der Waals surface area contributed by atoms with Crippen LogP contribution in [0.25, 0.3) is 0 Å². The van der Waals surface area contributed by atoms with Crippen molar-refractivity contribution in [1.82, 2.24) is 15.1 Å². The van der Waals surface area contributed by atoms with Gasteiger partial charge in [0.05, 0.1) is 5.92 Å². The molecule has 0 saturated carbocycles. The van der Waals surface area contributed by atoms with Crippen LogP contribution in [0.3, 0.4) is 0 Å². The average Bonchev–Trinajstić information content (AvgIpc) is 3.07. The molecule has 2 aliphatic heterocycles. The van der Waals surface area contributed by atoms with Crippen LogP contribution in [0.4, 0.5) is 0 Å². The van der Waals surface area contributed by atoms with Crippen molar-refractivity contribution in [2.45, 2.75) is 19.4 Å². The second-order valence-corrected chi connectivity index (χ2v) is 6.77. The van der Waals surface area contributed by atoms with Crippen LogP contribution >= 0.6 is 11.3 Å². The van der Waals surface area contributed by atoms with E-state index in [2.05, 4.69) is 27.7 Å². The minimum absolute atomic E-state index is 0.00231. The second kappa shape index (κ2) is 6.58. The molecule has 1 atom stereocenters. The Labute approximate surface area is 128 Å². The summed E-state index contributed by atoms with van der Waals surface area (Å²) in [6.45, 7) is 5.01. The Morgan fingerprint density at radius 3 is 2.95 bits per heavy atom. The van der Waals surface area contributed by atoms with E-state index in [0.717, 1.165) is 39.1 Å². The molecule has 2 fully saturated rings. The van der Waals surface area contributed by atoms with Crippen molar-refractivity contribution in [2.24, 2.45) is 5.92 Å². The zero-order valence-corrected chi connectivity index (χ0v) is 12.9. The Balaban J connectivity index is 1.53. The first-order valence-electron chi connectivity index (χ1n) is 7.52. The third-order valence-electron chi connectivity index (χ3n) is 4.19. The third kappa shape index (κ3) is 3.63. The second-order valence-electron chi connectivity index (χ2n) is 5.74. The third-order valence-corrected chi connectivity index (χ3v) is 5.05. The van der Waals surface area contributed by atoms with Crippen LogP contribution in [0.5, 0.6) is 0 Å². The van der Waals surface area contributed by atoms with E-state index in [4.69, 9.17) is 0 Å². The summed E-state index contributed by atoms with van der Waals surface area (Å²) in [4.78, 5) is 29.4. The quantitative estimate of drug-likeness (QED) is 0.903. The van der Waals surface area contributed by atoms with E-state index in [-0.39, 0.29) is 17.7 Å². The average molecular weight is 307 g/mol. The van der Waals surface area contributed by atoms with Gasteiger partial charge in [-0.15, -0.1) is 11.3 Å². The smallest absolute Gasteiger partial charge is 0.228 e. The Kier molecular flexibility index (Phi) is 4.55. The van der Waals surface area contributed by atoms with E-state index in [9.17, 15) is 9.59 Å². The molecule has 1 unspecified atom stereocenters. The normalized spacial score (nSPS) is 23.9. The van der Waals surface area contributed by atoms with Crippen molar-refractivity contribution >= 4 is 23.2 Å². The van der Waals surface area contributed by atoms with Crippen LogP contribution in [0.15, 0.2) is 17.5 Å². The molecule has 1 aromatic rings. The molecule has 1 N–H and O–H groups in total. The van der Waals surface area contributed by atoms with Gasteiger partial charge in [0.25, 0.3) is 0 Å². The number of carbonyl (C=O) groups excluding carboxylic acids is 2. The highest BCUT2D eigenvalue weighted by Gasteiger charge is 2.31. The van der Waals surface area contributed by atoms with Crippen molar-refractivity contribution in [3.63, 3.8) is 0 Å². The van der Waals surface area contributed by atoms with Gasteiger partial charge in [-0.05, 0) is 17.9 Å². The summed E-state index contributed by atoms with van der Waals surface area (Å²) < 4.78 is 0. The van der Waals surface area contributed by atoms with Gasteiger partial charge >= 0.3 is 0 Å². The largest absolute Gasteiger partial charge is 0.355 e. The predicted molar refractivity (Wildman–Crippen MR) is 81.9 cm³/mol. The molecular weight excluding hydrogens is 286 g/mol. The van der Waals surface area contributed by atoms with Crippen molar-refractivity contribution in [2.75, 3.05) is 32.7 Å². The van der Waals surface area contributed by atoms with E-state index in [0.29, 0.717) is 13.0 Å². The zero-order valence-electron chi connectivity index (χ0n) is 12.1. The molecule has 0 radical (unpaired) electrons. The van der Waals surface area contributed by atoms with Gasteiger partial charge in [-0.3, -0.25) is 14.5 Å². The summed E-state index contributed by atoms with van der Waals surface area (Å²) in [5.74, 6) is -0.00448. The van der Waals surface area contributed by atoms with Crippen LogP contribution < -0.4 is 5.32 Å². The standard InChI is InChI=1S/C15H21N3O2S/c19-14-9-12(10-16-14)15(20)18-5-2-4-17(6-7-18)11-13-3-1-8-21-13/h1,3,8,12H,2,4-7,9-11H2,(H,16,19). The lowest BCUT2D eigenvalue weighted by Crippen LogP contribution is -2.39. The van der Waals surface area contributed by atoms with Crippen LogP contribution in [0.1, 0.15) is 17.7 Å². The number of carbonyl (C=O) groups is 2. The molecule has 0 spiro atoms. The number of hydrogen-bond acceptors (Lipinski definition) is 4. The van der Waals surface area contributed by atoms with E-state index in [1.54, 1.807) is 11.3 Å². The molecular formula is C15H21N3O2S. The minimum Gasteiger partial charge on any atom is -0.355 e. The van der Waals surface area contributed by atoms with Gasteiger partial charge < -0.3 is 10.2 Å². The van der Waals surface area contributed by atoms with Crippen molar-refractivity contribution in [3.8, 4) is 0 Å². The number of rotatable bonds is 3. The summed E-state index contributed by atoms with van der Waals surface area (Å²) >= 11 is 1.78. The Morgan fingerprint density at radius 2 is 2.24 bits per heavy atom. The molecule has 3 rings (SSSR count). The maximum atomic E-state index is 12.4. The SMILES string of the molecule is O=C1CC(C(=O)N2CCCN(Cc3cccs3)CC2)CN1. The molecule has 2 amide bonds. The zero-order chi connectivity index (χ0) is 14.7. The molecule has 2 saturated heterocycles. The lowest BCUT2D eigenvalue weighted by molar-refractivity contribution is -0.135. The fourth-order valence-corrected chi connectivity index (χ4v) is 3.76. The number of nitrogens with zero attached hydrogens (tertiary/aromatic N) is 2. The van der Waals surface area contributed by atoms with Gasteiger partial charge in [0.2, 0.25) is 11.8 Å². The summed E-state index contributed by atoms with van der Waals surface area (Å²) in [6.07, 6.45) is 1.36. The highest BCUT2D eigenvalue weighted by Crippen LogP contribution is 2.17. The number of amides is 2. The monoisotopic (exact) mass is 307 g/mol. The topological polar surface area (TPSA) is 52.7 Å². The molecule has 5 nitrogen and oxygen atoms in total. The first-order chi connectivity index (χ1) is 10.2. The highest BCUT2D eigenvalue weighted by molar-refractivity contribution is 7.09. The van der Waals surface area contributed by atoms with Gasteiger partial charge in [0.1, 0.15) is 0 Å². The molecule has 0 aliphatic carbocycles. The number of thiophene rings is 1. The van der Waals surface area contributed by atoms with E-state index in [1.807, 2.05) is 4.90 Å². The molecule has 21 heavy (non-hydrogen) atoms. The van der Waals surface area contributed by atoms with Crippen molar-refractivity contribution in [3.05, 3.63) is 22.4 Å². The first kappa shape index (κ1) is 14.5. The van der Waals surface area contributed by atoms with Gasteiger partial charge in [-0.2, -0.15) is 0 Å². The minimum atomic E-state index is -0.152. The van der Waals surface area contributed by atoms with Gasteiger partial charge in [0.15, 0.2) is 0 Å². The predicted octanol–water partition coefficient (Wildman–Crippen LogP) is 0.918. The van der Waals surface area contributed by atoms with Crippen LogP contribution in [0, 0.1) is 5.92 Å². The fourth-order valence-electron chi connectivity index (χ4n) is 3.01. The maximum absolute atomic E-state index is 12.4. The Bertz CT molecular complexity index is 503. The Morgan fingerprint density at radius 1 is 1.33 bits per heavy atom. The van der Waals surface area contributed by atoms with Gasteiger partial charge in [-0.1, -0.05) is 6.07 Å². The van der Waals surface area contributed by atoms with Crippen LogP contribution in [-0.4, -0.2) is 54.3 Å². The van der Waals surface area contributed by atoms with E-state index < -0.39 is 0 Å². The molecule has 2 aliphatic rings. The van der Waals surface area contributed by atoms with Crippen molar-refractivity contribution < 1.29 is 9.59 Å².